The van der Waals surface area contributed by atoms with E-state index >= 15 is 0 Å². The number of nitrogens with zero attached hydrogens (tertiary/aromatic N) is 1. The summed E-state index contributed by atoms with van der Waals surface area (Å²) in [6.45, 7) is 2.87. The third kappa shape index (κ3) is 4.72. The summed E-state index contributed by atoms with van der Waals surface area (Å²) >= 11 is 0. The van der Waals surface area contributed by atoms with Gasteiger partial charge in [-0.2, -0.15) is 5.26 Å². The van der Waals surface area contributed by atoms with Crippen LogP contribution >= 0.6 is 0 Å². The van der Waals surface area contributed by atoms with Crippen LogP contribution in [0.5, 0.6) is 0 Å². The minimum Gasteiger partial charge on any atom is -0.348 e. The van der Waals surface area contributed by atoms with Gasteiger partial charge in [0.25, 0.3) is 0 Å². The van der Waals surface area contributed by atoms with E-state index in [4.69, 9.17) is 14.7 Å². The number of hydrogen-bond acceptors (Lipinski definition) is 3. The zero-order valence-corrected chi connectivity index (χ0v) is 15.4. The molecule has 1 aliphatic carbocycles. The maximum absolute atomic E-state index is 8.97. The molecule has 1 saturated heterocycles. The van der Waals surface area contributed by atoms with Crippen LogP contribution in [0.25, 0.3) is 0 Å². The van der Waals surface area contributed by atoms with Crippen LogP contribution in [0.1, 0.15) is 56.4 Å². The molecule has 3 heteroatoms. The Morgan fingerprint density at radius 2 is 2.04 bits per heavy atom. The van der Waals surface area contributed by atoms with Crippen molar-refractivity contribution >= 4 is 0 Å². The van der Waals surface area contributed by atoms with E-state index < -0.39 is 0 Å². The van der Waals surface area contributed by atoms with Crippen LogP contribution in [0.15, 0.2) is 60.2 Å². The lowest BCUT2D eigenvalue weighted by atomic mass is 9.89. The predicted molar refractivity (Wildman–Crippen MR) is 103 cm³/mol. The van der Waals surface area contributed by atoms with Crippen molar-refractivity contribution in [2.45, 2.75) is 51.4 Å². The average molecular weight is 349 g/mol. The van der Waals surface area contributed by atoms with Crippen molar-refractivity contribution in [3.63, 3.8) is 0 Å². The van der Waals surface area contributed by atoms with Crippen molar-refractivity contribution in [2.75, 3.05) is 6.61 Å². The Labute approximate surface area is 156 Å². The molecule has 1 heterocycles. The first-order chi connectivity index (χ1) is 12.8. The predicted octanol–water partition coefficient (Wildman–Crippen LogP) is 5.61. The molecule has 0 bridgehead atoms. The molecular formula is C23H27NO2. The van der Waals surface area contributed by atoms with Crippen molar-refractivity contribution in [1.29, 1.82) is 5.26 Å². The lowest BCUT2D eigenvalue weighted by Gasteiger charge is -2.37. The highest BCUT2D eigenvalue weighted by molar-refractivity contribution is 5.33. The van der Waals surface area contributed by atoms with Gasteiger partial charge in [0.1, 0.15) is 0 Å². The van der Waals surface area contributed by atoms with Gasteiger partial charge < -0.3 is 9.47 Å². The van der Waals surface area contributed by atoms with Crippen LogP contribution in [0.4, 0.5) is 0 Å². The van der Waals surface area contributed by atoms with Crippen molar-refractivity contribution in [2.24, 2.45) is 5.92 Å². The van der Waals surface area contributed by atoms with E-state index in [-0.39, 0.29) is 12.4 Å². The Kier molecular flexibility index (Phi) is 6.82. The minimum atomic E-state index is -0.375. The van der Waals surface area contributed by atoms with E-state index in [0.29, 0.717) is 18.1 Å². The molecule has 2 aliphatic rings. The number of nitriles is 1. The Bertz CT molecular complexity index is 709. The van der Waals surface area contributed by atoms with Crippen LogP contribution in [-0.2, 0) is 9.47 Å². The van der Waals surface area contributed by atoms with Gasteiger partial charge in [0.15, 0.2) is 6.29 Å². The molecule has 3 nitrogen and oxygen atoms in total. The number of benzene rings is 1. The number of ether oxygens (including phenoxy) is 2. The first kappa shape index (κ1) is 18.6. The van der Waals surface area contributed by atoms with Gasteiger partial charge in [0, 0.05) is 11.5 Å². The van der Waals surface area contributed by atoms with Crippen molar-refractivity contribution in [1.82, 2.24) is 0 Å². The van der Waals surface area contributed by atoms with Crippen molar-refractivity contribution in [3.8, 4) is 6.07 Å². The largest absolute Gasteiger partial charge is 0.348 e. The van der Waals surface area contributed by atoms with Crippen molar-refractivity contribution in [3.05, 3.63) is 71.3 Å². The van der Waals surface area contributed by atoms with Gasteiger partial charge >= 0.3 is 0 Å². The second-order valence-electron chi connectivity index (χ2n) is 6.90. The van der Waals surface area contributed by atoms with Crippen molar-refractivity contribution < 1.29 is 9.47 Å². The molecule has 3 atom stereocenters. The Morgan fingerprint density at radius 1 is 1.19 bits per heavy atom. The van der Waals surface area contributed by atoms with Crippen LogP contribution in [-0.4, -0.2) is 12.7 Å². The summed E-state index contributed by atoms with van der Waals surface area (Å²) in [5.74, 6) is 0.326. The molecule has 0 aromatic heterocycles. The Balaban J connectivity index is 1.74. The summed E-state index contributed by atoms with van der Waals surface area (Å²) in [7, 11) is 0. The fraction of sp³-hybridized carbons (Fsp3) is 0.435. The second kappa shape index (κ2) is 9.52. The molecule has 3 rings (SSSR count). The number of allylic oxidation sites excluding steroid dienone is 4. The Morgan fingerprint density at radius 3 is 2.73 bits per heavy atom. The van der Waals surface area contributed by atoms with Gasteiger partial charge in [-0.05, 0) is 43.4 Å². The van der Waals surface area contributed by atoms with Gasteiger partial charge in [-0.15, -0.1) is 0 Å². The van der Waals surface area contributed by atoms with Crippen LogP contribution in [0.2, 0.25) is 0 Å². The third-order valence-electron chi connectivity index (χ3n) is 4.89. The topological polar surface area (TPSA) is 42.2 Å². The van der Waals surface area contributed by atoms with E-state index in [1.807, 2.05) is 24.3 Å². The van der Waals surface area contributed by atoms with Crippen LogP contribution in [0, 0.1) is 17.2 Å². The molecule has 1 aromatic carbocycles. The monoisotopic (exact) mass is 349 g/mol. The summed E-state index contributed by atoms with van der Waals surface area (Å²) in [5, 5.41) is 8.97. The summed E-state index contributed by atoms with van der Waals surface area (Å²) in [6, 6.07) is 9.63. The second-order valence-corrected chi connectivity index (χ2v) is 6.90. The van der Waals surface area contributed by atoms with E-state index in [1.165, 1.54) is 12.0 Å². The molecule has 0 amide bonds. The molecule has 136 valence electrons. The third-order valence-corrected chi connectivity index (χ3v) is 4.89. The van der Waals surface area contributed by atoms with Gasteiger partial charge in [0.2, 0.25) is 0 Å². The van der Waals surface area contributed by atoms with Gasteiger partial charge in [-0.25, -0.2) is 0 Å². The highest BCUT2D eigenvalue weighted by Crippen LogP contribution is 2.35. The normalized spacial score (nSPS) is 25.8. The quantitative estimate of drug-likeness (QED) is 0.627. The minimum absolute atomic E-state index is 0.0484. The van der Waals surface area contributed by atoms with E-state index in [9.17, 15) is 0 Å². The van der Waals surface area contributed by atoms with Gasteiger partial charge in [0.05, 0.1) is 24.3 Å². The highest BCUT2D eigenvalue weighted by atomic mass is 16.7. The molecule has 0 N–H and O–H groups in total. The molecule has 0 radical (unpaired) electrons. The number of rotatable bonds is 6. The first-order valence-electron chi connectivity index (χ1n) is 9.60. The van der Waals surface area contributed by atoms with E-state index in [2.05, 4.69) is 43.4 Å². The zero-order valence-electron chi connectivity index (χ0n) is 15.4. The molecule has 1 fully saturated rings. The standard InChI is InChI=1S/C23H27NO2/c1-2-3-4-6-11-21-17-25-23(20-14-12-18(16-24)13-15-20)26-22(21)19-9-7-5-8-10-19/h4,6-7,9-10,12-15,21-23H,2-3,5,8,11,17H2,1H3/b6-4-/t21-,22-,23+/m1/s1. The number of unbranched alkanes of at least 4 members (excludes halogenated alkanes) is 1. The molecule has 0 spiro atoms. The maximum Gasteiger partial charge on any atom is 0.184 e. The SMILES string of the molecule is CCC/C=C\C[C@@H]1CO[C@H](c2ccc(C#N)cc2)O[C@@H]1C1=CCCC=C1. The van der Waals surface area contributed by atoms with Gasteiger partial charge in [-0.1, -0.05) is 55.9 Å². The van der Waals surface area contributed by atoms with Crippen LogP contribution in [0.3, 0.4) is 0 Å². The molecule has 0 unspecified atom stereocenters. The zero-order chi connectivity index (χ0) is 18.2. The van der Waals surface area contributed by atoms with E-state index in [1.54, 1.807) is 0 Å². The fourth-order valence-electron chi connectivity index (χ4n) is 3.41. The summed E-state index contributed by atoms with van der Waals surface area (Å²) in [6.07, 6.45) is 16.4. The van der Waals surface area contributed by atoms with Gasteiger partial charge in [-0.3, -0.25) is 0 Å². The lowest BCUT2D eigenvalue weighted by molar-refractivity contribution is -0.230. The highest BCUT2D eigenvalue weighted by Gasteiger charge is 2.33. The molecular weight excluding hydrogens is 322 g/mol. The smallest absolute Gasteiger partial charge is 0.184 e. The molecule has 26 heavy (non-hydrogen) atoms. The summed E-state index contributed by atoms with van der Waals surface area (Å²) in [5.41, 5.74) is 2.89. The molecule has 1 aliphatic heterocycles. The van der Waals surface area contributed by atoms with Crippen LogP contribution < -0.4 is 0 Å². The maximum atomic E-state index is 8.97. The molecule has 1 aromatic rings. The summed E-state index contributed by atoms with van der Waals surface area (Å²) in [4.78, 5) is 0. The average Bonchev–Trinajstić information content (AvgIpc) is 2.72. The summed E-state index contributed by atoms with van der Waals surface area (Å²) < 4.78 is 12.4. The molecule has 0 saturated carbocycles. The lowest BCUT2D eigenvalue weighted by Crippen LogP contribution is -2.37. The Hall–Kier alpha value is -2.15. The fourth-order valence-corrected chi connectivity index (χ4v) is 3.41. The number of hydrogen-bond donors (Lipinski definition) is 0. The van der Waals surface area contributed by atoms with E-state index in [0.717, 1.165) is 31.2 Å². The first-order valence-corrected chi connectivity index (χ1v) is 9.60.